The Morgan fingerprint density at radius 2 is 1.63 bits per heavy atom. The molecule has 0 bridgehead atoms. The van der Waals surface area contributed by atoms with Crippen LogP contribution in [0.3, 0.4) is 0 Å². The van der Waals surface area contributed by atoms with Gasteiger partial charge < -0.3 is 24.4 Å². The zero-order valence-corrected chi connectivity index (χ0v) is 24.5. The lowest BCUT2D eigenvalue weighted by Gasteiger charge is -2.23. The largest absolute Gasteiger partial charge is 0.502 e. The predicted octanol–water partition coefficient (Wildman–Crippen LogP) is 9.00. The number of halogens is 3. The van der Waals surface area contributed by atoms with Crippen LogP contribution in [-0.4, -0.2) is 36.5 Å². The van der Waals surface area contributed by atoms with E-state index in [0.717, 1.165) is 47.2 Å². The molecule has 228 valence electrons. The highest BCUT2D eigenvalue weighted by Gasteiger charge is 2.29. The average molecular weight is 581 g/mol. The van der Waals surface area contributed by atoms with Gasteiger partial charge in [0, 0.05) is 12.6 Å². The summed E-state index contributed by atoms with van der Waals surface area (Å²) in [7, 11) is 1.88. The lowest BCUT2D eigenvalue weighted by Crippen LogP contribution is -2.19. The SMILES string of the molecule is C=COCC.CC.CNc1c(C)noc1-c1ccc(OC2CCCCC2)cc1.FC(F)(F)c1ccccc1.O=CO. The van der Waals surface area contributed by atoms with E-state index in [1.807, 2.05) is 59.0 Å². The van der Waals surface area contributed by atoms with Crippen LogP contribution in [0.1, 0.15) is 64.1 Å². The van der Waals surface area contributed by atoms with Crippen molar-refractivity contribution in [2.75, 3.05) is 19.0 Å². The van der Waals surface area contributed by atoms with Crippen molar-refractivity contribution in [2.45, 2.75) is 72.1 Å². The minimum absolute atomic E-state index is 0.250. The van der Waals surface area contributed by atoms with Gasteiger partial charge in [0.05, 0.1) is 24.5 Å². The molecule has 0 amide bonds. The molecule has 0 atom stereocenters. The zero-order valence-electron chi connectivity index (χ0n) is 24.5. The van der Waals surface area contributed by atoms with Gasteiger partial charge in [-0.3, -0.25) is 4.79 Å². The van der Waals surface area contributed by atoms with E-state index in [2.05, 4.69) is 21.8 Å². The summed E-state index contributed by atoms with van der Waals surface area (Å²) < 4.78 is 51.4. The zero-order chi connectivity index (χ0) is 31.1. The molecule has 0 saturated heterocycles. The third-order valence-electron chi connectivity index (χ3n) is 5.47. The minimum atomic E-state index is -4.21. The standard InChI is InChI=1S/C17H22N2O2.C7H5F3.C4H8O.C2H6.CH2O2/c1-12-16(18-2)17(21-19-12)13-8-10-15(11-9-13)20-14-6-4-3-5-7-14;8-7(9,10)6-4-2-1-3-5-6;1-3-5-4-2;1-2;2-1-3/h8-11,14,18H,3-7H2,1-2H3;1-5H;3H,1,4H2,2H3;1-2H3;1H,(H,2,3). The highest BCUT2D eigenvalue weighted by molar-refractivity contribution is 5.74. The maximum Gasteiger partial charge on any atom is 0.416 e. The number of carboxylic acid groups (broad SMARTS) is 1. The Balaban J connectivity index is 0.000000665. The summed E-state index contributed by atoms with van der Waals surface area (Å²) in [6.45, 7) is 11.7. The molecule has 1 fully saturated rings. The second-order valence-corrected chi connectivity index (χ2v) is 8.22. The Bertz CT molecular complexity index is 1070. The van der Waals surface area contributed by atoms with Gasteiger partial charge in [-0.25, -0.2) is 0 Å². The van der Waals surface area contributed by atoms with Crippen molar-refractivity contribution in [1.82, 2.24) is 5.16 Å². The molecule has 1 aromatic heterocycles. The molecule has 3 aromatic rings. The van der Waals surface area contributed by atoms with Crippen molar-refractivity contribution < 1.29 is 37.1 Å². The maximum absolute atomic E-state index is 11.8. The first-order chi connectivity index (χ1) is 19.7. The number of carbonyl (C=O) groups is 1. The molecule has 1 heterocycles. The topological polar surface area (TPSA) is 93.8 Å². The van der Waals surface area contributed by atoms with Crippen molar-refractivity contribution >= 4 is 12.2 Å². The van der Waals surface area contributed by atoms with E-state index in [4.69, 9.17) is 19.2 Å². The predicted molar refractivity (Wildman–Crippen MR) is 157 cm³/mol. The summed E-state index contributed by atoms with van der Waals surface area (Å²) in [5.74, 6) is 1.71. The summed E-state index contributed by atoms with van der Waals surface area (Å²) in [5, 5.41) is 14.0. The molecular weight excluding hydrogens is 537 g/mol. The second kappa shape index (κ2) is 21.8. The quantitative estimate of drug-likeness (QED) is 0.222. The molecule has 0 aliphatic heterocycles. The Morgan fingerprint density at radius 3 is 2.05 bits per heavy atom. The molecule has 2 aromatic carbocycles. The smallest absolute Gasteiger partial charge is 0.416 e. The number of ether oxygens (including phenoxy) is 2. The highest BCUT2D eigenvalue weighted by atomic mass is 19.4. The molecule has 1 aliphatic rings. The van der Waals surface area contributed by atoms with E-state index in [1.54, 1.807) is 6.07 Å². The van der Waals surface area contributed by atoms with Crippen molar-refractivity contribution in [3.63, 3.8) is 0 Å². The number of hydrogen-bond donors (Lipinski definition) is 2. The van der Waals surface area contributed by atoms with E-state index >= 15 is 0 Å². The lowest BCUT2D eigenvalue weighted by molar-refractivity contribution is -0.137. The number of nitrogens with one attached hydrogen (secondary N) is 1. The monoisotopic (exact) mass is 580 g/mol. The van der Waals surface area contributed by atoms with Gasteiger partial charge in [-0.15, -0.1) is 0 Å². The third kappa shape index (κ3) is 14.9. The molecule has 2 N–H and O–H groups in total. The fourth-order valence-corrected chi connectivity index (χ4v) is 3.67. The molecule has 0 spiro atoms. The average Bonchev–Trinajstić information content (AvgIpc) is 3.37. The van der Waals surface area contributed by atoms with E-state index in [0.29, 0.717) is 6.10 Å². The number of alkyl halides is 3. The van der Waals surface area contributed by atoms with E-state index in [-0.39, 0.29) is 6.47 Å². The number of rotatable bonds is 6. The van der Waals surface area contributed by atoms with Crippen molar-refractivity contribution in [2.24, 2.45) is 0 Å². The van der Waals surface area contributed by atoms with Gasteiger partial charge in [0.15, 0.2) is 5.76 Å². The number of aryl methyl sites for hydroxylation is 1. The van der Waals surface area contributed by atoms with Crippen LogP contribution in [0.15, 0.2) is 72.0 Å². The fourth-order valence-electron chi connectivity index (χ4n) is 3.67. The first kappa shape index (κ1) is 37.1. The molecule has 1 saturated carbocycles. The number of benzene rings is 2. The first-order valence-electron chi connectivity index (χ1n) is 13.5. The number of anilines is 1. The van der Waals surface area contributed by atoms with E-state index in [1.165, 1.54) is 50.5 Å². The maximum atomic E-state index is 11.8. The summed E-state index contributed by atoms with van der Waals surface area (Å²) in [5.41, 5.74) is 2.22. The normalized spacial score (nSPS) is 12.2. The van der Waals surface area contributed by atoms with E-state index < -0.39 is 11.7 Å². The van der Waals surface area contributed by atoms with Gasteiger partial charge in [0.25, 0.3) is 6.47 Å². The number of nitrogens with zero attached hydrogens (tertiary/aromatic N) is 1. The second-order valence-electron chi connectivity index (χ2n) is 8.22. The summed E-state index contributed by atoms with van der Waals surface area (Å²) >= 11 is 0. The molecule has 10 heteroatoms. The number of aromatic nitrogens is 1. The van der Waals surface area contributed by atoms with Crippen LogP contribution in [0.25, 0.3) is 11.3 Å². The Kier molecular flexibility index (Phi) is 19.7. The fraction of sp³-hybridized carbons (Fsp3) is 0.419. The number of hydrogen-bond acceptors (Lipinski definition) is 6. The van der Waals surface area contributed by atoms with Gasteiger partial charge in [0.1, 0.15) is 17.1 Å². The van der Waals surface area contributed by atoms with E-state index in [9.17, 15) is 13.2 Å². The van der Waals surface area contributed by atoms with Crippen molar-refractivity contribution in [3.8, 4) is 17.1 Å². The van der Waals surface area contributed by atoms with Crippen LogP contribution in [0.2, 0.25) is 0 Å². The molecular formula is C31H43F3N2O5. The van der Waals surface area contributed by atoms with Gasteiger partial charge in [-0.2, -0.15) is 13.2 Å². The Morgan fingerprint density at radius 1 is 1.07 bits per heavy atom. The molecule has 7 nitrogen and oxygen atoms in total. The van der Waals surface area contributed by atoms with Crippen LogP contribution in [0, 0.1) is 6.92 Å². The van der Waals surface area contributed by atoms with Crippen LogP contribution >= 0.6 is 0 Å². The summed E-state index contributed by atoms with van der Waals surface area (Å²) in [6, 6.07) is 14.4. The molecule has 1 aliphatic carbocycles. The minimum Gasteiger partial charge on any atom is -0.502 e. The molecule has 41 heavy (non-hydrogen) atoms. The highest BCUT2D eigenvalue weighted by Crippen LogP contribution is 2.32. The Hall–Kier alpha value is -3.95. The van der Waals surface area contributed by atoms with Crippen molar-refractivity contribution in [3.05, 3.63) is 78.7 Å². The molecule has 4 rings (SSSR count). The van der Waals surface area contributed by atoms with Gasteiger partial charge in [-0.05, 0) is 63.8 Å². The summed E-state index contributed by atoms with van der Waals surface area (Å²) in [6.07, 6.45) is 3.86. The van der Waals surface area contributed by atoms with Crippen LogP contribution in [-0.2, 0) is 15.7 Å². The molecule has 0 radical (unpaired) electrons. The van der Waals surface area contributed by atoms with Gasteiger partial charge in [0.2, 0.25) is 0 Å². The van der Waals surface area contributed by atoms with Crippen LogP contribution < -0.4 is 10.1 Å². The van der Waals surface area contributed by atoms with Gasteiger partial charge >= 0.3 is 6.18 Å². The lowest BCUT2D eigenvalue weighted by atomic mass is 9.98. The van der Waals surface area contributed by atoms with Crippen molar-refractivity contribution in [1.29, 1.82) is 0 Å². The van der Waals surface area contributed by atoms with Gasteiger partial charge in [-0.1, -0.05) is 62.3 Å². The summed E-state index contributed by atoms with van der Waals surface area (Å²) in [4.78, 5) is 8.36. The van der Waals surface area contributed by atoms with Crippen LogP contribution in [0.5, 0.6) is 5.75 Å². The first-order valence-corrected chi connectivity index (χ1v) is 13.5. The van der Waals surface area contributed by atoms with Crippen LogP contribution in [0.4, 0.5) is 18.9 Å². The third-order valence-corrected chi connectivity index (χ3v) is 5.47. The Labute approximate surface area is 241 Å². The molecule has 0 unspecified atom stereocenters.